The summed E-state index contributed by atoms with van der Waals surface area (Å²) in [5, 5.41) is 24.6. The van der Waals surface area contributed by atoms with Gasteiger partial charge in [0.2, 0.25) is 5.16 Å². The van der Waals surface area contributed by atoms with Crippen LogP contribution in [0.5, 0.6) is 5.75 Å². The van der Waals surface area contributed by atoms with Crippen LogP contribution in [0.1, 0.15) is 22.8 Å². The van der Waals surface area contributed by atoms with Crippen LogP contribution in [-0.4, -0.2) is 31.2 Å². The fourth-order valence-corrected chi connectivity index (χ4v) is 3.31. The van der Waals surface area contributed by atoms with E-state index < -0.39 is 5.91 Å². The Balaban J connectivity index is 1.91. The Kier molecular flexibility index (Phi) is 5.36. The number of amides is 1. The molecule has 1 amide bonds. The Morgan fingerprint density at radius 2 is 2.12 bits per heavy atom. The molecule has 0 aliphatic heterocycles. The number of thiol groups is 1. The SMILES string of the molecule is CCc1c(Cl)cc(NC(=O)c2cccc(-n3nnnc3S)c2)c(O)c1Cl. The molecular weight excluding hydrogens is 397 g/mol. The summed E-state index contributed by atoms with van der Waals surface area (Å²) in [4.78, 5) is 12.6. The van der Waals surface area contributed by atoms with Gasteiger partial charge in [-0.2, -0.15) is 4.68 Å². The Hall–Kier alpha value is -2.29. The number of carbonyl (C=O) groups is 1. The Morgan fingerprint density at radius 3 is 2.77 bits per heavy atom. The smallest absolute Gasteiger partial charge is 0.255 e. The molecule has 3 rings (SSSR count). The first-order valence-corrected chi connectivity index (χ1v) is 8.71. The molecular formula is C16H13Cl2N5O2S. The number of hydrogen-bond acceptors (Lipinski definition) is 6. The Labute approximate surface area is 164 Å². The Morgan fingerprint density at radius 1 is 1.35 bits per heavy atom. The largest absolute Gasteiger partial charge is 0.504 e. The standard InChI is InChI=1S/C16H13Cl2N5O2S/c1-2-10-11(17)7-12(14(24)13(10)18)19-15(25)8-4-3-5-9(6-8)23-16(26)20-21-22-23/h3-7,24H,2H2,1H3,(H,19,25)(H,20,22,26). The van der Waals surface area contributed by atoms with E-state index in [2.05, 4.69) is 33.5 Å². The summed E-state index contributed by atoms with van der Waals surface area (Å²) in [6, 6.07) is 8.08. The Bertz CT molecular complexity index is 993. The van der Waals surface area contributed by atoms with Gasteiger partial charge in [-0.1, -0.05) is 36.2 Å². The van der Waals surface area contributed by atoms with Gasteiger partial charge in [-0.05, 0) is 46.7 Å². The van der Waals surface area contributed by atoms with Gasteiger partial charge in [-0.3, -0.25) is 4.79 Å². The lowest BCUT2D eigenvalue weighted by Gasteiger charge is -2.13. The molecule has 0 saturated heterocycles. The zero-order valence-electron chi connectivity index (χ0n) is 13.4. The zero-order chi connectivity index (χ0) is 18.8. The predicted molar refractivity (Wildman–Crippen MR) is 102 cm³/mol. The van der Waals surface area contributed by atoms with E-state index in [-0.39, 0.29) is 21.6 Å². The number of aromatic nitrogens is 4. The van der Waals surface area contributed by atoms with Crippen LogP contribution in [-0.2, 0) is 6.42 Å². The molecule has 26 heavy (non-hydrogen) atoms. The molecule has 134 valence electrons. The first-order chi connectivity index (χ1) is 12.4. The van der Waals surface area contributed by atoms with Crippen LogP contribution in [0.4, 0.5) is 5.69 Å². The fraction of sp³-hybridized carbons (Fsp3) is 0.125. The number of phenolic OH excluding ortho intramolecular Hbond substituents is 1. The van der Waals surface area contributed by atoms with Gasteiger partial charge in [0.05, 0.1) is 16.4 Å². The average molecular weight is 410 g/mol. The van der Waals surface area contributed by atoms with Crippen molar-refractivity contribution in [1.29, 1.82) is 0 Å². The minimum absolute atomic E-state index is 0.123. The van der Waals surface area contributed by atoms with E-state index in [4.69, 9.17) is 23.2 Å². The third-order valence-corrected chi connectivity index (χ3v) is 4.72. The maximum absolute atomic E-state index is 12.6. The fourth-order valence-electron chi connectivity index (χ4n) is 2.39. The van der Waals surface area contributed by atoms with Gasteiger partial charge in [0, 0.05) is 10.6 Å². The highest BCUT2D eigenvalue weighted by Crippen LogP contribution is 2.39. The van der Waals surface area contributed by atoms with Crippen LogP contribution >= 0.6 is 35.8 Å². The summed E-state index contributed by atoms with van der Waals surface area (Å²) >= 11 is 16.4. The number of carbonyl (C=O) groups excluding carboxylic acids is 1. The molecule has 3 aromatic rings. The molecule has 1 aromatic heterocycles. The zero-order valence-corrected chi connectivity index (χ0v) is 15.8. The first kappa shape index (κ1) is 18.5. The molecule has 0 aliphatic carbocycles. The second-order valence-corrected chi connectivity index (χ2v) is 6.48. The lowest BCUT2D eigenvalue weighted by Crippen LogP contribution is -2.13. The molecule has 2 N–H and O–H groups in total. The van der Waals surface area contributed by atoms with Crippen molar-refractivity contribution in [3.05, 3.63) is 51.5 Å². The van der Waals surface area contributed by atoms with Crippen LogP contribution in [0.25, 0.3) is 5.69 Å². The van der Waals surface area contributed by atoms with Gasteiger partial charge in [-0.15, -0.1) is 17.7 Å². The van der Waals surface area contributed by atoms with Crippen molar-refractivity contribution in [2.45, 2.75) is 18.5 Å². The number of rotatable bonds is 4. The number of benzene rings is 2. The van der Waals surface area contributed by atoms with Gasteiger partial charge in [0.25, 0.3) is 5.91 Å². The summed E-state index contributed by atoms with van der Waals surface area (Å²) in [5.41, 5.74) is 1.64. The van der Waals surface area contributed by atoms with E-state index in [9.17, 15) is 9.90 Å². The van der Waals surface area contributed by atoms with Crippen molar-refractivity contribution >= 4 is 47.4 Å². The summed E-state index contributed by atoms with van der Waals surface area (Å²) in [6.07, 6.45) is 0.555. The van der Waals surface area contributed by atoms with Crippen molar-refractivity contribution in [3.63, 3.8) is 0 Å². The molecule has 0 saturated carbocycles. The highest BCUT2D eigenvalue weighted by Gasteiger charge is 2.17. The van der Waals surface area contributed by atoms with E-state index in [0.29, 0.717) is 28.3 Å². The molecule has 0 radical (unpaired) electrons. The molecule has 0 spiro atoms. The van der Waals surface area contributed by atoms with Crippen molar-refractivity contribution in [2.75, 3.05) is 5.32 Å². The number of aromatic hydroxyl groups is 1. The first-order valence-electron chi connectivity index (χ1n) is 7.51. The number of hydrogen-bond donors (Lipinski definition) is 3. The van der Waals surface area contributed by atoms with Gasteiger partial charge in [0.15, 0.2) is 5.75 Å². The van der Waals surface area contributed by atoms with E-state index in [1.54, 1.807) is 24.3 Å². The quantitative estimate of drug-likeness (QED) is 0.450. The lowest BCUT2D eigenvalue weighted by molar-refractivity contribution is 0.102. The summed E-state index contributed by atoms with van der Waals surface area (Å²) in [7, 11) is 0. The third kappa shape index (κ3) is 3.48. The van der Waals surface area contributed by atoms with E-state index in [1.165, 1.54) is 10.7 Å². The van der Waals surface area contributed by atoms with E-state index >= 15 is 0 Å². The highest BCUT2D eigenvalue weighted by molar-refractivity contribution is 7.80. The van der Waals surface area contributed by atoms with Gasteiger partial charge in [-0.25, -0.2) is 0 Å². The number of nitrogens with one attached hydrogen (secondary N) is 1. The second-order valence-electron chi connectivity index (χ2n) is 5.30. The minimum Gasteiger partial charge on any atom is -0.504 e. The molecule has 0 aliphatic rings. The lowest BCUT2D eigenvalue weighted by atomic mass is 10.1. The van der Waals surface area contributed by atoms with Crippen LogP contribution in [0.2, 0.25) is 10.0 Å². The molecule has 0 fully saturated rings. The minimum atomic E-state index is -0.452. The van der Waals surface area contributed by atoms with Crippen molar-refractivity contribution in [2.24, 2.45) is 0 Å². The number of tetrazole rings is 1. The van der Waals surface area contributed by atoms with Gasteiger partial charge >= 0.3 is 0 Å². The molecule has 7 nitrogen and oxygen atoms in total. The van der Waals surface area contributed by atoms with Gasteiger partial charge in [0.1, 0.15) is 0 Å². The number of phenols is 1. The highest BCUT2D eigenvalue weighted by atomic mass is 35.5. The topological polar surface area (TPSA) is 92.9 Å². The molecule has 0 atom stereocenters. The monoisotopic (exact) mass is 409 g/mol. The normalized spacial score (nSPS) is 10.8. The molecule has 2 aromatic carbocycles. The van der Waals surface area contributed by atoms with Crippen LogP contribution in [0.3, 0.4) is 0 Å². The van der Waals surface area contributed by atoms with Crippen LogP contribution in [0, 0.1) is 0 Å². The van der Waals surface area contributed by atoms with Gasteiger partial charge < -0.3 is 10.4 Å². The summed E-state index contributed by atoms with van der Waals surface area (Å²) in [6.45, 7) is 1.87. The molecule has 1 heterocycles. The maximum atomic E-state index is 12.6. The van der Waals surface area contributed by atoms with E-state index in [0.717, 1.165) is 0 Å². The van der Waals surface area contributed by atoms with Crippen LogP contribution in [0.15, 0.2) is 35.5 Å². The third-order valence-electron chi connectivity index (χ3n) is 3.70. The second kappa shape index (κ2) is 7.53. The van der Waals surface area contributed by atoms with Crippen molar-refractivity contribution < 1.29 is 9.90 Å². The number of nitrogens with zero attached hydrogens (tertiary/aromatic N) is 4. The average Bonchev–Trinajstić information content (AvgIpc) is 3.06. The predicted octanol–water partition coefficient (Wildman–Crippen LogP) is 3.78. The number of halogens is 2. The van der Waals surface area contributed by atoms with Crippen LogP contribution < -0.4 is 5.32 Å². The molecule has 0 bridgehead atoms. The maximum Gasteiger partial charge on any atom is 0.255 e. The molecule has 10 heteroatoms. The summed E-state index contributed by atoms with van der Waals surface area (Å²) in [5.74, 6) is -0.678. The van der Waals surface area contributed by atoms with E-state index in [1.807, 2.05) is 6.92 Å². The van der Waals surface area contributed by atoms with Crippen molar-refractivity contribution in [1.82, 2.24) is 20.2 Å². The van der Waals surface area contributed by atoms with Crippen molar-refractivity contribution in [3.8, 4) is 11.4 Å². The number of anilines is 1. The summed E-state index contributed by atoms with van der Waals surface area (Å²) < 4.78 is 1.38. The molecule has 0 unspecified atom stereocenters.